The third-order valence-corrected chi connectivity index (χ3v) is 5.76. The third kappa shape index (κ3) is 3.79. The number of hydrogen-bond donors (Lipinski definition) is 0. The molecule has 1 aliphatic heterocycles. The summed E-state index contributed by atoms with van der Waals surface area (Å²) in [6.45, 7) is 0.258. The number of nitrogens with zero attached hydrogens (tertiary/aromatic N) is 1. The molecule has 120 valence electrons. The molecule has 1 saturated heterocycles. The van der Waals surface area contributed by atoms with Crippen molar-refractivity contribution in [2.75, 3.05) is 18.1 Å². The van der Waals surface area contributed by atoms with Gasteiger partial charge in [-0.1, -0.05) is 60.7 Å². The lowest BCUT2D eigenvalue weighted by atomic mass is 10.0. The molecule has 4 nitrogen and oxygen atoms in total. The molecule has 1 atom stereocenters. The van der Waals surface area contributed by atoms with Gasteiger partial charge in [-0.05, 0) is 11.1 Å². The predicted octanol–water partition coefficient (Wildman–Crippen LogP) is 2.23. The molecule has 0 N–H and O–H groups in total. The van der Waals surface area contributed by atoms with Crippen LogP contribution in [0.2, 0.25) is 0 Å². The topological polar surface area (TPSA) is 54.5 Å². The number of carbonyl (C=O) groups is 1. The fourth-order valence-electron chi connectivity index (χ4n) is 2.93. The van der Waals surface area contributed by atoms with Crippen LogP contribution < -0.4 is 0 Å². The fourth-order valence-corrected chi connectivity index (χ4v) is 4.42. The Morgan fingerprint density at radius 3 is 2.26 bits per heavy atom. The summed E-state index contributed by atoms with van der Waals surface area (Å²) in [6.07, 6.45) is 0.296. The zero-order valence-corrected chi connectivity index (χ0v) is 13.6. The average molecular weight is 329 g/mol. The molecular weight excluding hydrogens is 310 g/mol. The zero-order valence-electron chi connectivity index (χ0n) is 12.8. The summed E-state index contributed by atoms with van der Waals surface area (Å²) in [5, 5.41) is 0. The fraction of sp³-hybridized carbons (Fsp3) is 0.278. The number of hydrogen-bond acceptors (Lipinski definition) is 3. The van der Waals surface area contributed by atoms with Gasteiger partial charge in [-0.15, -0.1) is 0 Å². The van der Waals surface area contributed by atoms with Gasteiger partial charge in [0, 0.05) is 6.54 Å². The van der Waals surface area contributed by atoms with E-state index in [1.54, 1.807) is 4.90 Å². The quantitative estimate of drug-likeness (QED) is 0.868. The Hall–Kier alpha value is -2.14. The molecule has 0 aliphatic carbocycles. The molecule has 3 rings (SSSR count). The monoisotopic (exact) mass is 329 g/mol. The summed E-state index contributed by atoms with van der Waals surface area (Å²) in [6, 6.07) is 18.5. The van der Waals surface area contributed by atoms with Crippen LogP contribution in [-0.4, -0.2) is 37.3 Å². The Morgan fingerprint density at radius 2 is 1.61 bits per heavy atom. The van der Waals surface area contributed by atoms with E-state index in [1.807, 2.05) is 60.7 Å². The first-order chi connectivity index (χ1) is 11.1. The molecular formula is C18H19NO3S. The van der Waals surface area contributed by atoms with Crippen LogP contribution in [0.25, 0.3) is 0 Å². The second-order valence-electron chi connectivity index (χ2n) is 5.79. The van der Waals surface area contributed by atoms with Crippen LogP contribution in [0, 0.1) is 0 Å². The Labute approximate surface area is 136 Å². The SMILES string of the molecule is O=C(Cc1ccccc1)N1CCS(=O)(=O)C[C@H]1c1ccccc1. The van der Waals surface area contributed by atoms with E-state index in [1.165, 1.54) is 0 Å². The highest BCUT2D eigenvalue weighted by molar-refractivity contribution is 7.91. The van der Waals surface area contributed by atoms with Gasteiger partial charge in [0.05, 0.1) is 24.0 Å². The predicted molar refractivity (Wildman–Crippen MR) is 89.7 cm³/mol. The maximum atomic E-state index is 12.7. The molecule has 0 aromatic heterocycles. The summed E-state index contributed by atoms with van der Waals surface area (Å²) in [7, 11) is -3.11. The first-order valence-electron chi connectivity index (χ1n) is 7.64. The van der Waals surface area contributed by atoms with Crippen molar-refractivity contribution in [2.45, 2.75) is 12.5 Å². The van der Waals surface area contributed by atoms with Crippen LogP contribution in [0.15, 0.2) is 60.7 Å². The Morgan fingerprint density at radius 1 is 1.00 bits per heavy atom. The maximum absolute atomic E-state index is 12.7. The zero-order chi connectivity index (χ0) is 16.3. The molecule has 0 unspecified atom stereocenters. The largest absolute Gasteiger partial charge is 0.333 e. The summed E-state index contributed by atoms with van der Waals surface area (Å²) >= 11 is 0. The maximum Gasteiger partial charge on any atom is 0.227 e. The second kappa shape index (κ2) is 6.54. The lowest BCUT2D eigenvalue weighted by Crippen LogP contribution is -2.46. The van der Waals surface area contributed by atoms with Crippen molar-refractivity contribution in [1.82, 2.24) is 4.90 Å². The number of sulfone groups is 1. The summed E-state index contributed by atoms with van der Waals surface area (Å²) in [4.78, 5) is 14.4. The molecule has 0 bridgehead atoms. The molecule has 2 aromatic carbocycles. The van der Waals surface area contributed by atoms with Crippen molar-refractivity contribution in [2.24, 2.45) is 0 Å². The molecule has 1 aliphatic rings. The average Bonchev–Trinajstić information content (AvgIpc) is 2.55. The van der Waals surface area contributed by atoms with Gasteiger partial charge in [-0.3, -0.25) is 4.79 Å². The van der Waals surface area contributed by atoms with Crippen molar-refractivity contribution in [3.05, 3.63) is 71.8 Å². The summed E-state index contributed by atoms with van der Waals surface area (Å²) < 4.78 is 24.0. The van der Waals surface area contributed by atoms with Crippen LogP contribution in [0.3, 0.4) is 0 Å². The minimum Gasteiger partial charge on any atom is -0.333 e. The molecule has 5 heteroatoms. The van der Waals surface area contributed by atoms with Crippen molar-refractivity contribution in [3.63, 3.8) is 0 Å². The van der Waals surface area contributed by atoms with E-state index in [2.05, 4.69) is 0 Å². The molecule has 1 amide bonds. The molecule has 0 spiro atoms. The van der Waals surface area contributed by atoms with Crippen LogP contribution in [0.5, 0.6) is 0 Å². The molecule has 2 aromatic rings. The highest BCUT2D eigenvalue weighted by Gasteiger charge is 2.34. The molecule has 0 saturated carbocycles. The van der Waals surface area contributed by atoms with E-state index in [-0.39, 0.29) is 24.0 Å². The smallest absolute Gasteiger partial charge is 0.227 e. The van der Waals surface area contributed by atoms with E-state index >= 15 is 0 Å². The highest BCUT2D eigenvalue weighted by atomic mass is 32.2. The molecule has 1 heterocycles. The lowest BCUT2D eigenvalue weighted by molar-refractivity contribution is -0.132. The Balaban J connectivity index is 1.85. The normalized spacial score (nSPS) is 20.2. The van der Waals surface area contributed by atoms with Crippen LogP contribution >= 0.6 is 0 Å². The summed E-state index contributed by atoms with van der Waals surface area (Å²) in [5.74, 6) is 0.00830. The molecule has 1 fully saturated rings. The van der Waals surface area contributed by atoms with Gasteiger partial charge < -0.3 is 4.90 Å². The van der Waals surface area contributed by atoms with E-state index in [9.17, 15) is 13.2 Å². The molecule has 0 radical (unpaired) electrons. The standard InChI is InChI=1S/C18H19NO3S/c20-18(13-15-7-3-1-4-8-15)19-11-12-23(21,22)14-17(19)16-9-5-2-6-10-16/h1-10,17H,11-14H2/t17-/m0/s1. The Bertz CT molecular complexity index is 772. The number of amides is 1. The minimum atomic E-state index is -3.11. The van der Waals surface area contributed by atoms with E-state index in [4.69, 9.17) is 0 Å². The first kappa shape index (κ1) is 15.7. The molecule has 23 heavy (non-hydrogen) atoms. The van der Waals surface area contributed by atoms with Gasteiger partial charge in [-0.2, -0.15) is 0 Å². The number of benzene rings is 2. The van der Waals surface area contributed by atoms with Gasteiger partial charge in [0.1, 0.15) is 0 Å². The van der Waals surface area contributed by atoms with Crippen molar-refractivity contribution >= 4 is 15.7 Å². The number of carbonyl (C=O) groups excluding carboxylic acids is 1. The van der Waals surface area contributed by atoms with Crippen molar-refractivity contribution in [3.8, 4) is 0 Å². The van der Waals surface area contributed by atoms with Gasteiger partial charge in [0.25, 0.3) is 0 Å². The van der Waals surface area contributed by atoms with Gasteiger partial charge in [-0.25, -0.2) is 8.42 Å². The summed E-state index contributed by atoms with van der Waals surface area (Å²) in [5.41, 5.74) is 1.81. The van der Waals surface area contributed by atoms with Gasteiger partial charge in [0.2, 0.25) is 5.91 Å². The van der Waals surface area contributed by atoms with Crippen LogP contribution in [-0.2, 0) is 21.1 Å². The number of rotatable bonds is 3. The van der Waals surface area contributed by atoms with Crippen molar-refractivity contribution < 1.29 is 13.2 Å². The lowest BCUT2D eigenvalue weighted by Gasteiger charge is -2.36. The highest BCUT2D eigenvalue weighted by Crippen LogP contribution is 2.27. The van der Waals surface area contributed by atoms with Crippen LogP contribution in [0.4, 0.5) is 0 Å². The van der Waals surface area contributed by atoms with E-state index in [0.717, 1.165) is 11.1 Å². The Kier molecular flexibility index (Phi) is 4.48. The van der Waals surface area contributed by atoms with Gasteiger partial charge in [0.15, 0.2) is 9.84 Å². The third-order valence-electron chi connectivity index (χ3n) is 4.13. The van der Waals surface area contributed by atoms with Crippen molar-refractivity contribution in [1.29, 1.82) is 0 Å². The van der Waals surface area contributed by atoms with E-state index < -0.39 is 15.9 Å². The second-order valence-corrected chi connectivity index (χ2v) is 8.02. The van der Waals surface area contributed by atoms with Gasteiger partial charge >= 0.3 is 0 Å². The van der Waals surface area contributed by atoms with E-state index in [0.29, 0.717) is 6.42 Å². The van der Waals surface area contributed by atoms with Crippen LogP contribution in [0.1, 0.15) is 17.2 Å². The first-order valence-corrected chi connectivity index (χ1v) is 9.46. The minimum absolute atomic E-state index is 0.00244.